The predicted molar refractivity (Wildman–Crippen MR) is 115 cm³/mol. The highest BCUT2D eigenvalue weighted by Crippen LogP contribution is 2.29. The number of nitrogens with zero attached hydrogens (tertiary/aromatic N) is 2. The van der Waals surface area contributed by atoms with Crippen LogP contribution in [-0.2, 0) is 0 Å². The van der Waals surface area contributed by atoms with Crippen LogP contribution in [-0.4, -0.2) is 17.0 Å². The molecule has 0 saturated heterocycles. The monoisotopic (exact) mass is 469 g/mol. The van der Waals surface area contributed by atoms with Gasteiger partial charge in [-0.1, -0.05) is 28.1 Å². The van der Waals surface area contributed by atoms with Crippen molar-refractivity contribution in [2.45, 2.75) is 0 Å². The number of carbonyl (C=O) groups is 1. The highest BCUT2D eigenvalue weighted by Gasteiger charge is 2.13. The van der Waals surface area contributed by atoms with Crippen LogP contribution in [0.15, 0.2) is 74.7 Å². The van der Waals surface area contributed by atoms with Gasteiger partial charge in [0.15, 0.2) is 0 Å². The number of amides is 1. The summed E-state index contributed by atoms with van der Waals surface area (Å²) in [6, 6.07) is 17.4. The first-order chi connectivity index (χ1) is 14.0. The molecule has 0 aliphatic rings. The maximum atomic E-state index is 12.3. The second kappa shape index (κ2) is 7.98. The van der Waals surface area contributed by atoms with Gasteiger partial charge in [-0.2, -0.15) is 5.10 Å². The van der Waals surface area contributed by atoms with Gasteiger partial charge < -0.3 is 4.42 Å². The molecule has 4 rings (SSSR count). The molecule has 9 heteroatoms. The van der Waals surface area contributed by atoms with Gasteiger partial charge in [-0.05, 0) is 36.4 Å². The number of furan rings is 1. The molecule has 144 valence electrons. The number of nitro groups is 1. The summed E-state index contributed by atoms with van der Waals surface area (Å²) in [6.45, 7) is 0. The quantitative estimate of drug-likeness (QED) is 0.233. The van der Waals surface area contributed by atoms with Crippen molar-refractivity contribution in [3.8, 4) is 11.3 Å². The minimum absolute atomic E-state index is 0.0145. The first kappa shape index (κ1) is 19.0. The van der Waals surface area contributed by atoms with E-state index in [9.17, 15) is 14.9 Å². The lowest BCUT2D eigenvalue weighted by Gasteiger charge is -1.97. The van der Waals surface area contributed by atoms with E-state index < -0.39 is 10.8 Å². The van der Waals surface area contributed by atoms with Crippen molar-refractivity contribution in [1.82, 2.24) is 5.43 Å². The molecule has 4 aromatic rings. The predicted octanol–water partition coefficient (Wildman–Crippen LogP) is 5.60. The fourth-order valence-electron chi connectivity index (χ4n) is 2.68. The van der Waals surface area contributed by atoms with E-state index in [1.165, 1.54) is 29.7 Å². The molecule has 7 nitrogen and oxygen atoms in total. The molecular weight excluding hydrogens is 458 g/mol. The van der Waals surface area contributed by atoms with Crippen molar-refractivity contribution >= 4 is 55.2 Å². The van der Waals surface area contributed by atoms with E-state index in [4.69, 9.17) is 4.42 Å². The number of hydrogen-bond donors (Lipinski definition) is 1. The highest BCUT2D eigenvalue weighted by atomic mass is 79.9. The molecule has 0 unspecified atom stereocenters. The summed E-state index contributed by atoms with van der Waals surface area (Å²) in [5.74, 6) is 0.779. The molecule has 2 aromatic carbocycles. The second-order valence-electron chi connectivity index (χ2n) is 6.00. The smallest absolute Gasteiger partial charge is 0.281 e. The summed E-state index contributed by atoms with van der Waals surface area (Å²) < 4.78 is 7.45. The van der Waals surface area contributed by atoms with Crippen LogP contribution < -0.4 is 5.43 Å². The van der Waals surface area contributed by atoms with Gasteiger partial charge in [-0.3, -0.25) is 14.9 Å². The molecule has 0 atom stereocenters. The number of fused-ring (bicyclic) bond motifs is 1. The summed E-state index contributed by atoms with van der Waals surface area (Å²) in [7, 11) is 0. The first-order valence-electron chi connectivity index (χ1n) is 8.37. The fourth-order valence-corrected chi connectivity index (χ4v) is 4.02. The van der Waals surface area contributed by atoms with Crippen LogP contribution in [0.4, 0.5) is 5.69 Å². The molecule has 0 saturated carbocycles. The van der Waals surface area contributed by atoms with Gasteiger partial charge in [0.05, 0.1) is 16.0 Å². The van der Waals surface area contributed by atoms with Crippen molar-refractivity contribution < 1.29 is 14.1 Å². The van der Waals surface area contributed by atoms with E-state index in [1.54, 1.807) is 18.2 Å². The molecule has 0 radical (unpaired) electrons. The molecule has 2 aromatic heterocycles. The highest BCUT2D eigenvalue weighted by molar-refractivity contribution is 9.10. The van der Waals surface area contributed by atoms with Crippen molar-refractivity contribution in [1.29, 1.82) is 0 Å². The Bertz CT molecular complexity index is 1260. The number of thiophene rings is 1. The summed E-state index contributed by atoms with van der Waals surface area (Å²) in [6.07, 6.45) is 1.41. The van der Waals surface area contributed by atoms with Gasteiger partial charge in [-0.25, -0.2) is 5.43 Å². The van der Waals surface area contributed by atoms with Crippen LogP contribution in [0.25, 0.3) is 21.4 Å². The molecular formula is C20H12BrN3O4S. The molecule has 0 aliphatic heterocycles. The number of carbonyl (C=O) groups excluding carboxylic acids is 1. The van der Waals surface area contributed by atoms with Gasteiger partial charge in [0.2, 0.25) is 0 Å². The van der Waals surface area contributed by atoms with Crippen LogP contribution in [0.3, 0.4) is 0 Å². The molecule has 1 N–H and O–H groups in total. The Morgan fingerprint density at radius 1 is 1.17 bits per heavy atom. The molecule has 0 aliphatic carbocycles. The minimum atomic E-state index is -0.465. The largest absolute Gasteiger partial charge is 0.455 e. The normalized spacial score (nSPS) is 11.2. The maximum absolute atomic E-state index is 12.3. The van der Waals surface area contributed by atoms with Gasteiger partial charge in [0, 0.05) is 32.3 Å². The lowest BCUT2D eigenvalue weighted by molar-refractivity contribution is -0.384. The minimum Gasteiger partial charge on any atom is -0.455 e. The lowest BCUT2D eigenvalue weighted by Crippen LogP contribution is -2.15. The van der Waals surface area contributed by atoms with Crippen molar-refractivity contribution in [2.24, 2.45) is 5.10 Å². The number of hydrogen-bond acceptors (Lipinski definition) is 6. The topological polar surface area (TPSA) is 97.7 Å². The third kappa shape index (κ3) is 4.25. The summed E-state index contributed by atoms with van der Waals surface area (Å²) in [5.41, 5.74) is 3.35. The summed E-state index contributed by atoms with van der Waals surface area (Å²) in [4.78, 5) is 23.1. The summed E-state index contributed by atoms with van der Waals surface area (Å²) >= 11 is 4.66. The zero-order chi connectivity index (χ0) is 20.4. The van der Waals surface area contributed by atoms with Crippen LogP contribution >= 0.6 is 27.3 Å². The maximum Gasteiger partial charge on any atom is 0.281 e. The standard InChI is InChI=1S/C20H12BrN3O4S/c21-14-3-1-2-12(8-14)17-6-5-16(28-17)11-22-23-20(25)19-10-13-9-15(24(26)27)4-7-18(13)29-19/h1-11H,(H,23,25)/b22-11-. The fraction of sp³-hybridized carbons (Fsp3) is 0. The Morgan fingerprint density at radius 3 is 2.83 bits per heavy atom. The lowest BCUT2D eigenvalue weighted by atomic mass is 10.2. The number of rotatable bonds is 5. The van der Waals surface area contributed by atoms with E-state index in [1.807, 2.05) is 30.3 Å². The Balaban J connectivity index is 1.45. The third-order valence-electron chi connectivity index (χ3n) is 4.03. The molecule has 0 spiro atoms. The second-order valence-corrected chi connectivity index (χ2v) is 8.00. The van der Waals surface area contributed by atoms with Crippen molar-refractivity contribution in [3.63, 3.8) is 0 Å². The Kier molecular flexibility index (Phi) is 5.24. The van der Waals surface area contributed by atoms with Crippen LogP contribution in [0.5, 0.6) is 0 Å². The SMILES string of the molecule is O=C(N/N=C\c1ccc(-c2cccc(Br)c2)o1)c1cc2cc([N+](=O)[O-])ccc2s1. The summed E-state index contributed by atoms with van der Waals surface area (Å²) in [5, 5.41) is 15.4. The Morgan fingerprint density at radius 2 is 2.03 bits per heavy atom. The Hall–Kier alpha value is -3.30. The molecule has 2 heterocycles. The first-order valence-corrected chi connectivity index (χ1v) is 9.98. The van der Waals surface area contributed by atoms with Crippen molar-refractivity contribution in [3.05, 3.63) is 85.9 Å². The van der Waals surface area contributed by atoms with Gasteiger partial charge in [0.1, 0.15) is 11.5 Å². The number of nitrogens with one attached hydrogen (secondary N) is 1. The number of hydrazone groups is 1. The molecule has 1 amide bonds. The van der Waals surface area contributed by atoms with E-state index in [-0.39, 0.29) is 5.69 Å². The van der Waals surface area contributed by atoms with E-state index in [2.05, 4.69) is 26.5 Å². The van der Waals surface area contributed by atoms with Crippen LogP contribution in [0.2, 0.25) is 0 Å². The van der Waals surface area contributed by atoms with Crippen molar-refractivity contribution in [2.75, 3.05) is 0 Å². The molecule has 29 heavy (non-hydrogen) atoms. The zero-order valence-electron chi connectivity index (χ0n) is 14.7. The zero-order valence-corrected chi connectivity index (χ0v) is 17.1. The number of non-ortho nitro benzene ring substituents is 1. The van der Waals surface area contributed by atoms with E-state index in [0.29, 0.717) is 21.8 Å². The van der Waals surface area contributed by atoms with Crippen LogP contribution in [0, 0.1) is 10.1 Å². The average Bonchev–Trinajstić information content (AvgIpc) is 3.34. The molecule has 0 bridgehead atoms. The molecule has 0 fully saturated rings. The number of halogens is 1. The Labute approximate surface area is 176 Å². The van der Waals surface area contributed by atoms with Gasteiger partial charge in [0.25, 0.3) is 11.6 Å². The van der Waals surface area contributed by atoms with E-state index >= 15 is 0 Å². The van der Waals surface area contributed by atoms with Crippen LogP contribution in [0.1, 0.15) is 15.4 Å². The van der Waals surface area contributed by atoms with Gasteiger partial charge >= 0.3 is 0 Å². The van der Waals surface area contributed by atoms with E-state index in [0.717, 1.165) is 14.7 Å². The number of benzene rings is 2. The van der Waals surface area contributed by atoms with Gasteiger partial charge in [-0.15, -0.1) is 11.3 Å². The third-order valence-corrected chi connectivity index (χ3v) is 5.64. The average molecular weight is 470 g/mol. The number of nitro benzene ring substituents is 1.